The summed E-state index contributed by atoms with van der Waals surface area (Å²) in [6, 6.07) is 65.0. The van der Waals surface area contributed by atoms with Crippen LogP contribution in [0.1, 0.15) is 41.5 Å². The Labute approximate surface area is 298 Å². The van der Waals surface area contributed by atoms with E-state index in [0.717, 1.165) is 0 Å². The van der Waals surface area contributed by atoms with Crippen molar-refractivity contribution in [2.45, 2.75) is 48.4 Å². The van der Waals surface area contributed by atoms with Crippen molar-refractivity contribution >= 4 is 69.9 Å². The fourth-order valence-electron chi connectivity index (χ4n) is 5.75. The van der Waals surface area contributed by atoms with Gasteiger partial charge in [-0.25, -0.2) is 0 Å². The minimum atomic E-state index is -0.877. The molecule has 0 saturated carbocycles. The van der Waals surface area contributed by atoms with Crippen LogP contribution in [-0.2, 0) is 0 Å². The van der Waals surface area contributed by atoms with Crippen LogP contribution in [0.5, 0.6) is 0 Å². The Morgan fingerprint density at radius 2 is 0.426 bits per heavy atom. The Kier molecular flexibility index (Phi) is 14.1. The van der Waals surface area contributed by atoms with E-state index in [1.807, 2.05) is 0 Å². The Hall–Kier alpha value is -3.45. The van der Waals surface area contributed by atoms with E-state index in [9.17, 15) is 0 Å². The molecule has 0 bridgehead atoms. The molecule has 0 spiro atoms. The molecular weight excluding hydrogens is 703 g/mol. The summed E-state index contributed by atoms with van der Waals surface area (Å²) in [5.74, 6) is 0. The van der Waals surface area contributed by atoms with Crippen molar-refractivity contribution in [3.8, 4) is 0 Å². The smallest absolute Gasteiger partial charge is 0.0624 e. The van der Waals surface area contributed by atoms with E-state index in [4.69, 9.17) is 0 Å². The molecule has 0 amide bonds. The molecule has 0 aliphatic heterocycles. The monoisotopic (exact) mass is 752 g/mol. The molecule has 6 aromatic rings. The molecule has 0 aromatic heterocycles. The van der Waals surface area contributed by atoms with Crippen LogP contribution >= 0.6 is 0 Å². The van der Waals surface area contributed by atoms with Crippen molar-refractivity contribution in [1.82, 2.24) is 0 Å². The van der Waals surface area contributed by atoms with Crippen LogP contribution in [0.4, 0.5) is 0 Å². The molecule has 0 saturated heterocycles. The first-order chi connectivity index (χ1) is 22.6. The maximum Gasteiger partial charge on any atom is 0.154 e. The molecule has 3 heteroatoms. The van der Waals surface area contributed by atoms with E-state index in [-0.39, 0.29) is 21.1 Å². The topological polar surface area (TPSA) is 0 Å². The van der Waals surface area contributed by atoms with Gasteiger partial charge in [0.25, 0.3) is 0 Å². The van der Waals surface area contributed by atoms with Gasteiger partial charge in [0.05, 0.1) is 0 Å². The Morgan fingerprint density at radius 1 is 0.277 bits per heavy atom. The Morgan fingerprint density at radius 3 is 0.532 bits per heavy atom. The SMILES string of the molecule is C[C](C)(C)[Sn][C](C)(C)C.c1ccc([Si](c2ccccc2)c2ccccc2)cc1.c1ccc([Si](c2ccccc2)c2ccccc2)cc1. The van der Waals surface area contributed by atoms with E-state index < -0.39 is 17.6 Å². The molecule has 236 valence electrons. The summed E-state index contributed by atoms with van der Waals surface area (Å²) >= 11 is -0.182. The number of rotatable bonds is 6. The first-order valence-corrected chi connectivity index (χ1v) is 22.3. The second kappa shape index (κ2) is 18.2. The van der Waals surface area contributed by atoms with Gasteiger partial charge < -0.3 is 0 Å². The van der Waals surface area contributed by atoms with Crippen LogP contribution in [0, 0.1) is 0 Å². The molecule has 0 aliphatic carbocycles. The van der Waals surface area contributed by atoms with E-state index in [1.165, 1.54) is 31.1 Å². The quantitative estimate of drug-likeness (QED) is 0.122. The first kappa shape index (κ1) is 36.4. The maximum atomic E-state index is 2.37. The number of benzene rings is 6. The molecule has 0 N–H and O–H groups in total. The van der Waals surface area contributed by atoms with Crippen LogP contribution in [0.3, 0.4) is 0 Å². The van der Waals surface area contributed by atoms with Crippen LogP contribution in [0.15, 0.2) is 182 Å². The first-order valence-electron chi connectivity index (χ1n) is 16.5. The van der Waals surface area contributed by atoms with Gasteiger partial charge in [0.2, 0.25) is 0 Å². The molecule has 0 nitrogen and oxygen atoms in total. The maximum absolute atomic E-state index is 2.37. The molecule has 6 aromatic carbocycles. The van der Waals surface area contributed by atoms with E-state index in [1.54, 1.807) is 0 Å². The summed E-state index contributed by atoms with van der Waals surface area (Å²) in [7, 11) is -1.75. The summed E-state index contributed by atoms with van der Waals surface area (Å²) in [5, 5.41) is 8.61. The average molecular weight is 752 g/mol. The molecule has 0 unspecified atom stereocenters. The van der Waals surface area contributed by atoms with Crippen molar-refractivity contribution < 1.29 is 0 Å². The van der Waals surface area contributed by atoms with E-state index in [2.05, 4.69) is 224 Å². The van der Waals surface area contributed by atoms with Crippen molar-refractivity contribution in [3.05, 3.63) is 182 Å². The summed E-state index contributed by atoms with van der Waals surface area (Å²) in [6.07, 6.45) is 0. The second-order valence-electron chi connectivity index (χ2n) is 13.6. The van der Waals surface area contributed by atoms with Crippen molar-refractivity contribution in [2.24, 2.45) is 0 Å². The number of hydrogen-bond acceptors (Lipinski definition) is 0. The van der Waals surface area contributed by atoms with Crippen LogP contribution in [0.25, 0.3) is 0 Å². The van der Waals surface area contributed by atoms with E-state index in [0.29, 0.717) is 6.86 Å². The minimum absolute atomic E-state index is 0.182. The van der Waals surface area contributed by atoms with Gasteiger partial charge in [-0.15, -0.1) is 0 Å². The normalized spacial score (nSPS) is 11.2. The molecule has 6 rings (SSSR count). The molecule has 0 atom stereocenters. The van der Waals surface area contributed by atoms with Crippen molar-refractivity contribution in [2.75, 3.05) is 0 Å². The second-order valence-corrected chi connectivity index (χ2v) is 27.8. The van der Waals surface area contributed by atoms with Gasteiger partial charge in [-0.3, -0.25) is 0 Å². The van der Waals surface area contributed by atoms with E-state index >= 15 is 0 Å². The molecule has 0 heterocycles. The fourth-order valence-corrected chi connectivity index (χ4v) is 17.3. The summed E-state index contributed by atoms with van der Waals surface area (Å²) in [6.45, 7) is 14.2. The van der Waals surface area contributed by atoms with Crippen molar-refractivity contribution in [3.63, 3.8) is 0 Å². The number of hydrogen-bond donors (Lipinski definition) is 0. The molecule has 0 aliphatic rings. The molecule has 0 fully saturated rings. The summed E-state index contributed by atoms with van der Waals surface area (Å²) in [4.78, 5) is 0. The molecule has 4 radical (unpaired) electrons. The van der Waals surface area contributed by atoms with Crippen LogP contribution < -0.4 is 31.1 Å². The van der Waals surface area contributed by atoms with Crippen LogP contribution in [-0.4, -0.2) is 38.7 Å². The van der Waals surface area contributed by atoms with Gasteiger partial charge >= 0.3 is 69.5 Å². The van der Waals surface area contributed by atoms with Gasteiger partial charge in [-0.2, -0.15) is 0 Å². The van der Waals surface area contributed by atoms with Gasteiger partial charge in [-0.05, 0) is 0 Å². The third-order valence-electron chi connectivity index (χ3n) is 7.12. The zero-order valence-corrected chi connectivity index (χ0v) is 33.7. The Bertz CT molecular complexity index is 1360. The zero-order valence-electron chi connectivity index (χ0n) is 28.8. The Balaban J connectivity index is 0.000000171. The standard InChI is InChI=1S/2C18H15Si.2C4H9.Sn/c2*1-4-10-16(11-5-1)19(17-12-6-2-7-13-17)18-14-8-3-9-15-18;2*1-4(2)3;/h2*1-15H;2*1-3H3;. The predicted octanol–water partition coefficient (Wildman–Crippen LogP) is 7.53. The summed E-state index contributed by atoms with van der Waals surface area (Å²) < 4.78 is 1.31. The van der Waals surface area contributed by atoms with Gasteiger partial charge in [0.15, 0.2) is 17.6 Å². The van der Waals surface area contributed by atoms with Crippen molar-refractivity contribution in [1.29, 1.82) is 0 Å². The van der Waals surface area contributed by atoms with Gasteiger partial charge in [-0.1, -0.05) is 213 Å². The average Bonchev–Trinajstić information content (AvgIpc) is 3.07. The third kappa shape index (κ3) is 12.6. The third-order valence-corrected chi connectivity index (χ3v) is 16.9. The zero-order chi connectivity index (χ0) is 33.5. The minimum Gasteiger partial charge on any atom is -0.0624 e. The predicted molar refractivity (Wildman–Crippen MR) is 213 cm³/mol. The molecular formula is C44H48Si2Sn. The van der Waals surface area contributed by atoms with Gasteiger partial charge in [0, 0.05) is 0 Å². The largest absolute Gasteiger partial charge is 0.154 e. The summed E-state index contributed by atoms with van der Waals surface area (Å²) in [5.41, 5.74) is 0. The van der Waals surface area contributed by atoms with Crippen LogP contribution in [0.2, 0.25) is 6.86 Å². The fraction of sp³-hybridized carbons (Fsp3) is 0.182. The molecule has 47 heavy (non-hydrogen) atoms. The van der Waals surface area contributed by atoms with Gasteiger partial charge in [0.1, 0.15) is 0 Å².